The molecule has 0 aliphatic heterocycles. The van der Waals surface area contributed by atoms with E-state index in [9.17, 15) is 13.2 Å². The lowest BCUT2D eigenvalue weighted by Gasteiger charge is -2.17. The molecule has 29 heavy (non-hydrogen) atoms. The van der Waals surface area contributed by atoms with Crippen LogP contribution in [0.4, 0.5) is 5.82 Å². The lowest BCUT2D eigenvalue weighted by molar-refractivity contribution is 0.526. The minimum absolute atomic E-state index is 0.0511. The zero-order chi connectivity index (χ0) is 21.3. The van der Waals surface area contributed by atoms with E-state index in [2.05, 4.69) is 30.2 Å². The minimum Gasteiger partial charge on any atom is -0.360 e. The molecule has 0 amide bonds. The monoisotopic (exact) mass is 437 g/mol. The number of hydrogen-bond acceptors (Lipinski definition) is 9. The van der Waals surface area contributed by atoms with Crippen LogP contribution in [-0.2, 0) is 16.4 Å². The molecule has 10 nitrogen and oxygen atoms in total. The fourth-order valence-electron chi connectivity index (χ4n) is 2.69. The summed E-state index contributed by atoms with van der Waals surface area (Å²) in [5, 5.41) is 2.89. The van der Waals surface area contributed by atoms with E-state index < -0.39 is 9.84 Å². The molecule has 3 rings (SSSR count). The van der Waals surface area contributed by atoms with Crippen LogP contribution < -0.4 is 10.9 Å². The smallest absolute Gasteiger partial charge is 0.295 e. The van der Waals surface area contributed by atoms with Crippen molar-refractivity contribution in [3.05, 3.63) is 39.4 Å². The first-order chi connectivity index (χ1) is 13.6. The topological polar surface area (TPSA) is 133 Å². The number of sulfone groups is 1. The number of rotatable bonds is 6. The van der Waals surface area contributed by atoms with Crippen LogP contribution >= 0.6 is 11.6 Å². The second-order valence-corrected chi connectivity index (χ2v) is 8.92. The number of aryl methyl sites for hydroxylation is 1. The van der Waals surface area contributed by atoms with E-state index in [1.54, 1.807) is 11.5 Å². The van der Waals surface area contributed by atoms with Crippen molar-refractivity contribution in [2.24, 2.45) is 0 Å². The molecular formula is C17H20ClN7O3S. The fraction of sp³-hybridized carbons (Fsp3) is 0.412. The van der Waals surface area contributed by atoms with Gasteiger partial charge in [-0.1, -0.05) is 6.92 Å². The van der Waals surface area contributed by atoms with Crippen molar-refractivity contribution in [3.8, 4) is 0 Å². The predicted octanol–water partition coefficient (Wildman–Crippen LogP) is 1.92. The van der Waals surface area contributed by atoms with Crippen molar-refractivity contribution in [1.82, 2.24) is 29.5 Å². The maximum absolute atomic E-state index is 13.0. The maximum Gasteiger partial charge on any atom is 0.295 e. The molecule has 154 valence electrons. The van der Waals surface area contributed by atoms with E-state index in [4.69, 9.17) is 11.6 Å². The van der Waals surface area contributed by atoms with Crippen LogP contribution in [0.1, 0.15) is 37.7 Å². The number of halogens is 1. The molecule has 0 bridgehead atoms. The molecule has 3 heterocycles. The first-order valence-corrected chi connectivity index (χ1v) is 11.1. The van der Waals surface area contributed by atoms with Gasteiger partial charge in [-0.05, 0) is 31.9 Å². The molecule has 3 aromatic rings. The van der Waals surface area contributed by atoms with Gasteiger partial charge >= 0.3 is 0 Å². The van der Waals surface area contributed by atoms with Crippen molar-refractivity contribution < 1.29 is 8.42 Å². The lowest BCUT2D eigenvalue weighted by atomic mass is 10.2. The third kappa shape index (κ3) is 4.35. The number of hydrogen-bond donors (Lipinski definition) is 1. The van der Waals surface area contributed by atoms with Crippen molar-refractivity contribution >= 4 is 38.4 Å². The predicted molar refractivity (Wildman–Crippen MR) is 109 cm³/mol. The molecule has 12 heteroatoms. The largest absolute Gasteiger partial charge is 0.360 e. The van der Waals surface area contributed by atoms with Gasteiger partial charge in [0.05, 0.1) is 30.3 Å². The number of anilines is 1. The Labute approximate surface area is 172 Å². The van der Waals surface area contributed by atoms with Gasteiger partial charge in [0.2, 0.25) is 5.28 Å². The standard InChI is InChI=1S/C17H20ClN7O3S/c1-5-9(2)25-15-13(10(3)22-17(18)24-15)23-14(16(25)26)21-7-11-6-20-12(8-19-11)29(4,27)28/h6,8-9H,5,7H2,1-4H3,(H,21,23)/t9-/m1/s1. The molecule has 3 aromatic heterocycles. The Morgan fingerprint density at radius 2 is 1.93 bits per heavy atom. The minimum atomic E-state index is -3.43. The van der Waals surface area contributed by atoms with Crippen LogP contribution in [-0.4, -0.2) is 44.2 Å². The van der Waals surface area contributed by atoms with Crippen LogP contribution in [0, 0.1) is 6.92 Å². The summed E-state index contributed by atoms with van der Waals surface area (Å²) in [5.41, 5.74) is 1.51. The summed E-state index contributed by atoms with van der Waals surface area (Å²) in [4.78, 5) is 33.7. The summed E-state index contributed by atoms with van der Waals surface area (Å²) in [7, 11) is -3.43. The second kappa shape index (κ2) is 7.99. The van der Waals surface area contributed by atoms with Crippen LogP contribution in [0.3, 0.4) is 0 Å². The molecule has 1 N–H and O–H groups in total. The van der Waals surface area contributed by atoms with Gasteiger partial charge in [0.1, 0.15) is 5.52 Å². The van der Waals surface area contributed by atoms with Crippen molar-refractivity contribution in [2.45, 2.75) is 44.8 Å². The maximum atomic E-state index is 13.0. The molecule has 0 spiro atoms. The van der Waals surface area contributed by atoms with Crippen LogP contribution in [0.25, 0.3) is 11.2 Å². The van der Waals surface area contributed by atoms with Gasteiger partial charge in [-0.3, -0.25) is 14.3 Å². The summed E-state index contributed by atoms with van der Waals surface area (Å²) in [5.74, 6) is 0.112. The highest BCUT2D eigenvalue weighted by molar-refractivity contribution is 7.90. The quantitative estimate of drug-likeness (QED) is 0.574. The highest BCUT2D eigenvalue weighted by Gasteiger charge is 2.18. The zero-order valence-electron chi connectivity index (χ0n) is 16.3. The number of aromatic nitrogens is 6. The van der Waals surface area contributed by atoms with Crippen molar-refractivity contribution in [3.63, 3.8) is 0 Å². The summed E-state index contributed by atoms with van der Waals surface area (Å²) in [6.07, 6.45) is 4.28. The molecule has 0 aromatic carbocycles. The highest BCUT2D eigenvalue weighted by Crippen LogP contribution is 2.20. The summed E-state index contributed by atoms with van der Waals surface area (Å²) in [6.45, 7) is 5.75. The molecule has 0 fully saturated rings. The molecule has 0 aliphatic carbocycles. The van der Waals surface area contributed by atoms with E-state index >= 15 is 0 Å². The van der Waals surface area contributed by atoms with Gasteiger partial charge in [-0.15, -0.1) is 0 Å². The highest BCUT2D eigenvalue weighted by atomic mass is 35.5. The van der Waals surface area contributed by atoms with E-state index in [0.29, 0.717) is 29.0 Å². The number of nitrogens with zero attached hydrogens (tertiary/aromatic N) is 6. The zero-order valence-corrected chi connectivity index (χ0v) is 17.9. The van der Waals surface area contributed by atoms with Gasteiger partial charge in [-0.2, -0.15) is 4.98 Å². The van der Waals surface area contributed by atoms with E-state index in [1.165, 1.54) is 12.4 Å². The molecule has 0 unspecified atom stereocenters. The Balaban J connectivity index is 2.01. The van der Waals surface area contributed by atoms with Crippen molar-refractivity contribution in [1.29, 1.82) is 0 Å². The molecule has 1 atom stereocenters. The first-order valence-electron chi connectivity index (χ1n) is 8.83. The van der Waals surface area contributed by atoms with Crippen LogP contribution in [0.5, 0.6) is 0 Å². The Bertz CT molecular complexity index is 1230. The Morgan fingerprint density at radius 3 is 2.52 bits per heavy atom. The molecular weight excluding hydrogens is 418 g/mol. The van der Waals surface area contributed by atoms with Crippen LogP contribution in [0.15, 0.2) is 22.2 Å². The normalized spacial score (nSPS) is 12.9. The van der Waals surface area contributed by atoms with E-state index in [0.717, 1.165) is 6.26 Å². The summed E-state index contributed by atoms with van der Waals surface area (Å²) >= 11 is 5.98. The van der Waals surface area contributed by atoms with Gasteiger partial charge in [0.15, 0.2) is 26.3 Å². The van der Waals surface area contributed by atoms with Gasteiger partial charge in [0.25, 0.3) is 5.56 Å². The number of nitrogens with one attached hydrogen (secondary N) is 1. The van der Waals surface area contributed by atoms with E-state index in [-0.39, 0.29) is 34.3 Å². The molecule has 0 saturated carbocycles. The molecule has 0 radical (unpaired) electrons. The Kier molecular flexibility index (Phi) is 5.80. The van der Waals surface area contributed by atoms with Crippen molar-refractivity contribution in [2.75, 3.05) is 11.6 Å². The Hall–Kier alpha value is -2.66. The Morgan fingerprint density at radius 1 is 1.21 bits per heavy atom. The van der Waals surface area contributed by atoms with E-state index in [1.807, 2.05) is 13.8 Å². The van der Waals surface area contributed by atoms with Gasteiger partial charge < -0.3 is 5.32 Å². The second-order valence-electron chi connectivity index (χ2n) is 6.61. The van der Waals surface area contributed by atoms with Gasteiger partial charge in [0, 0.05) is 12.3 Å². The average Bonchev–Trinajstić information content (AvgIpc) is 2.65. The molecule has 0 saturated heterocycles. The number of fused-ring (bicyclic) bond motifs is 1. The lowest BCUT2D eigenvalue weighted by Crippen LogP contribution is -2.28. The average molecular weight is 438 g/mol. The summed E-state index contributed by atoms with van der Waals surface area (Å²) in [6, 6.07) is -0.132. The third-order valence-electron chi connectivity index (χ3n) is 4.42. The SMILES string of the molecule is CC[C@@H](C)n1c(=O)c(NCc2cnc(S(C)(=O)=O)cn2)nc2c(C)nc(Cl)nc21. The molecule has 0 aliphatic rings. The first kappa shape index (κ1) is 21.1. The third-order valence-corrected chi connectivity index (χ3v) is 5.56. The van der Waals surface area contributed by atoms with Crippen LogP contribution in [0.2, 0.25) is 5.28 Å². The van der Waals surface area contributed by atoms with Gasteiger partial charge in [-0.25, -0.2) is 23.4 Å². The fourth-order valence-corrected chi connectivity index (χ4v) is 3.39. The summed E-state index contributed by atoms with van der Waals surface area (Å²) < 4.78 is 24.5.